The van der Waals surface area contributed by atoms with Gasteiger partial charge in [-0.3, -0.25) is 0 Å². The van der Waals surface area contributed by atoms with E-state index in [1.54, 1.807) is 0 Å². The molecule has 2 aromatic heterocycles. The van der Waals surface area contributed by atoms with Gasteiger partial charge < -0.3 is 9.13 Å². The number of imidazole rings is 2. The van der Waals surface area contributed by atoms with Crippen molar-refractivity contribution < 1.29 is 0 Å². The van der Waals surface area contributed by atoms with Crippen LogP contribution in [-0.4, -0.2) is 19.1 Å². The second-order valence-corrected chi connectivity index (χ2v) is 5.70. The zero-order valence-corrected chi connectivity index (χ0v) is 14.0. The summed E-state index contributed by atoms with van der Waals surface area (Å²) in [7, 11) is 0. The highest BCUT2D eigenvalue weighted by molar-refractivity contribution is 5.09. The van der Waals surface area contributed by atoms with E-state index >= 15 is 0 Å². The molecule has 0 radical (unpaired) electrons. The Hall–Kier alpha value is -1.84. The molecule has 22 heavy (non-hydrogen) atoms. The first-order valence-electron chi connectivity index (χ1n) is 8.44. The van der Waals surface area contributed by atoms with Gasteiger partial charge in [-0.25, -0.2) is 9.97 Å². The highest BCUT2D eigenvalue weighted by Gasteiger charge is 2.08. The third-order valence-electron chi connectivity index (χ3n) is 3.90. The number of rotatable bonds is 10. The van der Waals surface area contributed by atoms with Gasteiger partial charge in [0.1, 0.15) is 11.6 Å². The van der Waals surface area contributed by atoms with Crippen LogP contribution in [0.15, 0.2) is 31.2 Å². The lowest BCUT2D eigenvalue weighted by molar-refractivity contribution is 0.524. The van der Waals surface area contributed by atoms with Gasteiger partial charge >= 0.3 is 0 Å². The molecule has 0 N–H and O–H groups in total. The van der Waals surface area contributed by atoms with Crippen molar-refractivity contribution in [2.24, 2.45) is 0 Å². The lowest BCUT2D eigenvalue weighted by atomic mass is 10.2. The fourth-order valence-corrected chi connectivity index (χ4v) is 2.86. The third-order valence-corrected chi connectivity index (χ3v) is 3.90. The lowest BCUT2D eigenvalue weighted by Gasteiger charge is -2.12. The van der Waals surface area contributed by atoms with E-state index < -0.39 is 0 Å². The molecule has 0 unspecified atom stereocenters. The van der Waals surface area contributed by atoms with E-state index in [0.717, 1.165) is 51.6 Å². The number of allylic oxidation sites excluding steroid dienone is 1. The van der Waals surface area contributed by atoms with Crippen LogP contribution in [0.25, 0.3) is 0 Å². The van der Waals surface area contributed by atoms with Crippen LogP contribution < -0.4 is 0 Å². The van der Waals surface area contributed by atoms with Crippen molar-refractivity contribution in [3.63, 3.8) is 0 Å². The van der Waals surface area contributed by atoms with E-state index in [9.17, 15) is 0 Å². The number of nitrogens with zero attached hydrogens (tertiary/aromatic N) is 4. The maximum absolute atomic E-state index is 4.58. The van der Waals surface area contributed by atoms with Crippen molar-refractivity contribution in [1.29, 1.82) is 0 Å². The van der Waals surface area contributed by atoms with Gasteiger partial charge in [0.15, 0.2) is 0 Å². The van der Waals surface area contributed by atoms with Gasteiger partial charge in [-0.2, -0.15) is 0 Å². The van der Waals surface area contributed by atoms with Crippen LogP contribution in [-0.2, 0) is 32.4 Å². The van der Waals surface area contributed by atoms with Crippen molar-refractivity contribution in [3.8, 4) is 0 Å². The highest BCUT2D eigenvalue weighted by atomic mass is 15.1. The molecule has 0 aliphatic carbocycles. The van der Waals surface area contributed by atoms with Gasteiger partial charge in [0.2, 0.25) is 0 Å². The Balaban J connectivity index is 1.99. The van der Waals surface area contributed by atoms with Gasteiger partial charge in [0.25, 0.3) is 0 Å². The monoisotopic (exact) mass is 300 g/mol. The first-order valence-corrected chi connectivity index (χ1v) is 8.44. The summed E-state index contributed by atoms with van der Waals surface area (Å²) in [6.45, 7) is 10.3. The van der Waals surface area contributed by atoms with Crippen LogP contribution in [0.2, 0.25) is 0 Å². The molecule has 0 spiro atoms. The number of aryl methyl sites for hydroxylation is 3. The van der Waals surface area contributed by atoms with Crippen LogP contribution >= 0.6 is 0 Å². The maximum atomic E-state index is 4.58. The molecule has 0 saturated heterocycles. The Morgan fingerprint density at radius 3 is 2.59 bits per heavy atom. The third kappa shape index (κ3) is 4.09. The molecule has 0 atom stereocenters. The van der Waals surface area contributed by atoms with Gasteiger partial charge in [0.05, 0.1) is 0 Å². The molecule has 0 saturated carbocycles. The zero-order valence-electron chi connectivity index (χ0n) is 14.0. The number of hydrogen-bond donors (Lipinski definition) is 0. The van der Waals surface area contributed by atoms with Gasteiger partial charge in [-0.05, 0) is 19.3 Å². The summed E-state index contributed by atoms with van der Waals surface area (Å²) in [6, 6.07) is 0. The number of aromatic nitrogens is 4. The van der Waals surface area contributed by atoms with Crippen LogP contribution in [0, 0.1) is 0 Å². The van der Waals surface area contributed by atoms with E-state index in [1.807, 2.05) is 18.5 Å². The fraction of sp³-hybridized carbons (Fsp3) is 0.556. The molecule has 2 heterocycles. The van der Waals surface area contributed by atoms with E-state index in [-0.39, 0.29) is 0 Å². The van der Waals surface area contributed by atoms with Crippen LogP contribution in [0.1, 0.15) is 50.5 Å². The molecular weight excluding hydrogens is 272 g/mol. The Bertz CT molecular complexity index is 580. The summed E-state index contributed by atoms with van der Waals surface area (Å²) in [5.74, 6) is 2.41. The predicted molar refractivity (Wildman–Crippen MR) is 91.0 cm³/mol. The second-order valence-electron chi connectivity index (χ2n) is 5.70. The largest absolute Gasteiger partial charge is 0.335 e. The average molecular weight is 300 g/mol. The Morgan fingerprint density at radius 1 is 1.09 bits per heavy atom. The maximum Gasteiger partial charge on any atom is 0.108 e. The van der Waals surface area contributed by atoms with E-state index in [1.165, 1.54) is 17.3 Å². The normalized spacial score (nSPS) is 11.0. The van der Waals surface area contributed by atoms with Crippen LogP contribution in [0.4, 0.5) is 0 Å². The molecule has 120 valence electrons. The molecule has 2 rings (SSSR count). The standard InChI is InChI=1S/C18H28N4/c1-4-8-16-15-20-18(10-6-3)22(16)13-7-12-21-14-11-19-17(21)9-5-2/h4,11,14-15H,1,5-10,12-13H2,2-3H3. The second kappa shape index (κ2) is 8.57. The Labute approximate surface area is 133 Å². The molecule has 0 fully saturated rings. The Kier molecular flexibility index (Phi) is 6.44. The summed E-state index contributed by atoms with van der Waals surface area (Å²) in [5.41, 5.74) is 1.28. The van der Waals surface area contributed by atoms with Gasteiger partial charge in [-0.1, -0.05) is 19.9 Å². The minimum atomic E-state index is 0.892. The molecule has 2 aromatic rings. The van der Waals surface area contributed by atoms with Crippen molar-refractivity contribution >= 4 is 0 Å². The van der Waals surface area contributed by atoms with Crippen molar-refractivity contribution in [2.45, 2.75) is 65.5 Å². The summed E-state index contributed by atoms with van der Waals surface area (Å²) in [4.78, 5) is 9.03. The first kappa shape index (κ1) is 16.5. The highest BCUT2D eigenvalue weighted by Crippen LogP contribution is 2.11. The minimum absolute atomic E-state index is 0.892. The molecule has 0 aliphatic heterocycles. The van der Waals surface area contributed by atoms with E-state index in [4.69, 9.17) is 0 Å². The fourth-order valence-electron chi connectivity index (χ4n) is 2.86. The lowest BCUT2D eigenvalue weighted by Crippen LogP contribution is -2.11. The molecule has 0 bridgehead atoms. The molecule has 0 amide bonds. The smallest absolute Gasteiger partial charge is 0.108 e. The first-order chi connectivity index (χ1) is 10.8. The average Bonchev–Trinajstić information content (AvgIpc) is 3.10. The van der Waals surface area contributed by atoms with Gasteiger partial charge in [-0.15, -0.1) is 6.58 Å². The van der Waals surface area contributed by atoms with E-state index in [2.05, 4.69) is 45.7 Å². The van der Waals surface area contributed by atoms with Gasteiger partial charge in [0, 0.05) is 56.6 Å². The van der Waals surface area contributed by atoms with E-state index in [0.29, 0.717) is 0 Å². The molecule has 0 aliphatic rings. The van der Waals surface area contributed by atoms with Crippen molar-refractivity contribution in [3.05, 3.63) is 48.6 Å². The number of hydrogen-bond acceptors (Lipinski definition) is 2. The molecule has 0 aromatic carbocycles. The summed E-state index contributed by atoms with van der Waals surface area (Å²) < 4.78 is 4.66. The quantitative estimate of drug-likeness (QED) is 0.626. The predicted octanol–water partition coefficient (Wildman–Crippen LogP) is 3.80. The van der Waals surface area contributed by atoms with Crippen molar-refractivity contribution in [2.75, 3.05) is 0 Å². The summed E-state index contributed by atoms with van der Waals surface area (Å²) >= 11 is 0. The molecule has 4 heteroatoms. The van der Waals surface area contributed by atoms with Crippen LogP contribution in [0.3, 0.4) is 0 Å². The van der Waals surface area contributed by atoms with Crippen molar-refractivity contribution in [1.82, 2.24) is 19.1 Å². The topological polar surface area (TPSA) is 35.6 Å². The summed E-state index contributed by atoms with van der Waals surface area (Å²) in [5, 5.41) is 0. The zero-order chi connectivity index (χ0) is 15.8. The van der Waals surface area contributed by atoms with Crippen LogP contribution in [0.5, 0.6) is 0 Å². The molecule has 4 nitrogen and oxygen atoms in total. The minimum Gasteiger partial charge on any atom is -0.335 e. The summed E-state index contributed by atoms with van der Waals surface area (Å²) in [6.07, 6.45) is 14.3. The SMILES string of the molecule is C=CCc1cnc(CCC)n1CCCn1ccnc1CCC. The molecular formula is C18H28N4. The Morgan fingerprint density at radius 2 is 1.86 bits per heavy atom.